The molecule has 0 saturated heterocycles. The molecule has 1 rings (SSSR count). The molecule has 0 aliphatic heterocycles. The van der Waals surface area contributed by atoms with Crippen LogP contribution in [-0.2, 0) is 27.1 Å². The molecule has 1 aromatic rings. The standard InChI is InChI=1S/C16H25NO3/c1-4-13-8-7-9-14(5-2)16(13)17-10-11-19-12-15(18)20-6-3/h7-9,17H,4-6,10-12H2,1-3H3. The van der Waals surface area contributed by atoms with E-state index in [-0.39, 0.29) is 12.6 Å². The molecule has 0 atom stereocenters. The Bertz CT molecular complexity index is 396. The minimum Gasteiger partial charge on any atom is -0.464 e. The second-order valence-corrected chi connectivity index (χ2v) is 4.44. The van der Waals surface area contributed by atoms with Crippen LogP contribution in [0, 0.1) is 0 Å². The van der Waals surface area contributed by atoms with Crippen LogP contribution in [0.4, 0.5) is 5.69 Å². The molecule has 0 amide bonds. The number of para-hydroxylation sites is 1. The van der Waals surface area contributed by atoms with E-state index in [1.165, 1.54) is 16.8 Å². The van der Waals surface area contributed by atoms with Crippen molar-refractivity contribution < 1.29 is 14.3 Å². The van der Waals surface area contributed by atoms with Crippen LogP contribution in [0.2, 0.25) is 0 Å². The van der Waals surface area contributed by atoms with Gasteiger partial charge in [-0.05, 0) is 30.9 Å². The Kier molecular flexibility index (Phi) is 7.73. The first-order chi connectivity index (χ1) is 9.72. The molecule has 4 heteroatoms. The molecule has 112 valence electrons. The number of nitrogens with one attached hydrogen (secondary N) is 1. The van der Waals surface area contributed by atoms with Gasteiger partial charge in [-0.3, -0.25) is 0 Å². The van der Waals surface area contributed by atoms with Crippen LogP contribution in [-0.4, -0.2) is 32.3 Å². The monoisotopic (exact) mass is 279 g/mol. The summed E-state index contributed by atoms with van der Waals surface area (Å²) >= 11 is 0. The third kappa shape index (κ3) is 5.21. The number of ether oxygens (including phenoxy) is 2. The summed E-state index contributed by atoms with van der Waals surface area (Å²) in [5, 5.41) is 3.41. The third-order valence-electron chi connectivity index (χ3n) is 3.07. The lowest BCUT2D eigenvalue weighted by Gasteiger charge is -2.15. The summed E-state index contributed by atoms with van der Waals surface area (Å²) in [7, 11) is 0. The molecular formula is C16H25NO3. The van der Waals surface area contributed by atoms with Gasteiger partial charge in [0.25, 0.3) is 0 Å². The van der Waals surface area contributed by atoms with Crippen molar-refractivity contribution in [2.45, 2.75) is 33.6 Å². The fraction of sp³-hybridized carbons (Fsp3) is 0.562. The minimum absolute atomic E-state index is 0.0194. The number of benzene rings is 1. The number of carbonyl (C=O) groups is 1. The SMILES string of the molecule is CCOC(=O)COCCNc1c(CC)cccc1CC. The summed E-state index contributed by atoms with van der Waals surface area (Å²) < 4.78 is 10.1. The molecule has 0 aromatic heterocycles. The van der Waals surface area contributed by atoms with Gasteiger partial charge < -0.3 is 14.8 Å². The quantitative estimate of drug-likeness (QED) is 0.558. The van der Waals surface area contributed by atoms with E-state index in [1.807, 2.05) is 0 Å². The molecule has 0 bridgehead atoms. The predicted octanol–water partition coefficient (Wildman–Crippen LogP) is 2.80. The maximum absolute atomic E-state index is 11.1. The molecule has 0 spiro atoms. The lowest BCUT2D eigenvalue weighted by atomic mass is 10.0. The molecular weight excluding hydrogens is 254 g/mol. The van der Waals surface area contributed by atoms with Crippen molar-refractivity contribution in [3.8, 4) is 0 Å². The number of rotatable bonds is 9. The fourth-order valence-corrected chi connectivity index (χ4v) is 2.08. The van der Waals surface area contributed by atoms with Gasteiger partial charge in [0.05, 0.1) is 13.2 Å². The average Bonchev–Trinajstić information content (AvgIpc) is 2.47. The Morgan fingerprint density at radius 2 is 1.80 bits per heavy atom. The van der Waals surface area contributed by atoms with Gasteiger partial charge in [-0.25, -0.2) is 4.79 Å². The second-order valence-electron chi connectivity index (χ2n) is 4.44. The van der Waals surface area contributed by atoms with Gasteiger partial charge >= 0.3 is 5.97 Å². The lowest BCUT2D eigenvalue weighted by molar-refractivity contribution is -0.148. The number of esters is 1. The molecule has 0 aliphatic carbocycles. The largest absolute Gasteiger partial charge is 0.464 e. The first-order valence-corrected chi connectivity index (χ1v) is 7.30. The van der Waals surface area contributed by atoms with Crippen LogP contribution < -0.4 is 5.32 Å². The van der Waals surface area contributed by atoms with E-state index in [0.29, 0.717) is 19.8 Å². The Hall–Kier alpha value is -1.55. The Labute approximate surface area is 121 Å². The topological polar surface area (TPSA) is 47.6 Å². The van der Waals surface area contributed by atoms with Crippen molar-refractivity contribution in [1.29, 1.82) is 0 Å². The zero-order chi connectivity index (χ0) is 14.8. The van der Waals surface area contributed by atoms with E-state index >= 15 is 0 Å². The fourth-order valence-electron chi connectivity index (χ4n) is 2.08. The number of hydrogen-bond donors (Lipinski definition) is 1. The van der Waals surface area contributed by atoms with Crippen molar-refractivity contribution in [2.24, 2.45) is 0 Å². The summed E-state index contributed by atoms with van der Waals surface area (Å²) in [6.07, 6.45) is 2.00. The third-order valence-corrected chi connectivity index (χ3v) is 3.07. The molecule has 1 aromatic carbocycles. The molecule has 0 radical (unpaired) electrons. The normalized spacial score (nSPS) is 10.3. The van der Waals surface area contributed by atoms with E-state index < -0.39 is 0 Å². The number of aryl methyl sites for hydroxylation is 2. The van der Waals surface area contributed by atoms with E-state index in [4.69, 9.17) is 9.47 Å². The molecule has 1 N–H and O–H groups in total. The van der Waals surface area contributed by atoms with E-state index in [0.717, 1.165) is 12.8 Å². The summed E-state index contributed by atoms with van der Waals surface area (Å²) in [6.45, 7) is 7.67. The van der Waals surface area contributed by atoms with E-state index in [1.54, 1.807) is 6.92 Å². The van der Waals surface area contributed by atoms with Crippen LogP contribution in [0.3, 0.4) is 0 Å². The summed E-state index contributed by atoms with van der Waals surface area (Å²) in [6, 6.07) is 6.38. The zero-order valence-electron chi connectivity index (χ0n) is 12.7. The highest BCUT2D eigenvalue weighted by molar-refractivity contribution is 5.70. The first-order valence-electron chi connectivity index (χ1n) is 7.30. The van der Waals surface area contributed by atoms with Gasteiger partial charge in [-0.1, -0.05) is 32.0 Å². The van der Waals surface area contributed by atoms with Crippen molar-refractivity contribution in [2.75, 3.05) is 31.7 Å². The van der Waals surface area contributed by atoms with Gasteiger partial charge in [0, 0.05) is 12.2 Å². The smallest absolute Gasteiger partial charge is 0.332 e. The first kappa shape index (κ1) is 16.5. The molecule has 20 heavy (non-hydrogen) atoms. The maximum atomic E-state index is 11.1. The highest BCUT2D eigenvalue weighted by atomic mass is 16.6. The lowest BCUT2D eigenvalue weighted by Crippen LogP contribution is -2.17. The van der Waals surface area contributed by atoms with Crippen molar-refractivity contribution in [1.82, 2.24) is 0 Å². The number of hydrogen-bond acceptors (Lipinski definition) is 4. The van der Waals surface area contributed by atoms with Crippen molar-refractivity contribution in [3.63, 3.8) is 0 Å². The Morgan fingerprint density at radius 3 is 2.35 bits per heavy atom. The van der Waals surface area contributed by atoms with Gasteiger partial charge in [0.15, 0.2) is 0 Å². The summed E-state index contributed by atoms with van der Waals surface area (Å²) in [5.41, 5.74) is 3.83. The molecule has 0 saturated carbocycles. The van der Waals surface area contributed by atoms with Crippen molar-refractivity contribution in [3.05, 3.63) is 29.3 Å². The van der Waals surface area contributed by atoms with Gasteiger partial charge in [0.2, 0.25) is 0 Å². The average molecular weight is 279 g/mol. The van der Waals surface area contributed by atoms with Crippen LogP contribution in [0.25, 0.3) is 0 Å². The van der Waals surface area contributed by atoms with E-state index in [2.05, 4.69) is 37.4 Å². The van der Waals surface area contributed by atoms with Gasteiger partial charge in [0.1, 0.15) is 6.61 Å². The minimum atomic E-state index is -0.310. The van der Waals surface area contributed by atoms with Crippen LogP contribution >= 0.6 is 0 Å². The Morgan fingerprint density at radius 1 is 1.15 bits per heavy atom. The van der Waals surface area contributed by atoms with Crippen molar-refractivity contribution >= 4 is 11.7 Å². The number of anilines is 1. The van der Waals surface area contributed by atoms with Gasteiger partial charge in [-0.15, -0.1) is 0 Å². The van der Waals surface area contributed by atoms with Crippen LogP contribution in [0.15, 0.2) is 18.2 Å². The molecule has 0 heterocycles. The van der Waals surface area contributed by atoms with E-state index in [9.17, 15) is 4.79 Å². The zero-order valence-corrected chi connectivity index (χ0v) is 12.7. The molecule has 0 fully saturated rings. The molecule has 0 unspecified atom stereocenters. The highest BCUT2D eigenvalue weighted by Gasteiger charge is 2.05. The van der Waals surface area contributed by atoms with Crippen LogP contribution in [0.5, 0.6) is 0 Å². The maximum Gasteiger partial charge on any atom is 0.332 e. The second kappa shape index (κ2) is 9.37. The highest BCUT2D eigenvalue weighted by Crippen LogP contribution is 2.22. The van der Waals surface area contributed by atoms with Crippen LogP contribution in [0.1, 0.15) is 31.9 Å². The summed E-state index contributed by atoms with van der Waals surface area (Å²) in [4.78, 5) is 11.1. The summed E-state index contributed by atoms with van der Waals surface area (Å²) in [5.74, 6) is -0.310. The predicted molar refractivity (Wildman–Crippen MR) is 81.1 cm³/mol. The molecule has 0 aliphatic rings. The number of carbonyl (C=O) groups excluding carboxylic acids is 1. The molecule has 4 nitrogen and oxygen atoms in total. The van der Waals surface area contributed by atoms with Gasteiger partial charge in [-0.2, -0.15) is 0 Å². The Balaban J connectivity index is 2.40.